The average molecular weight is 309 g/mol. The summed E-state index contributed by atoms with van der Waals surface area (Å²) in [6.07, 6.45) is 6.41. The van der Waals surface area contributed by atoms with Crippen molar-refractivity contribution in [3.05, 3.63) is 76.7 Å². The molecule has 0 saturated carbocycles. The molecule has 23 heavy (non-hydrogen) atoms. The van der Waals surface area contributed by atoms with Gasteiger partial charge in [0.1, 0.15) is 5.69 Å². The minimum Gasteiger partial charge on any atom is -0.428 e. The zero-order chi connectivity index (χ0) is 16.4. The molecule has 3 aromatic rings. The molecule has 0 spiro atoms. The van der Waals surface area contributed by atoms with Crippen molar-refractivity contribution in [1.29, 1.82) is 0 Å². The summed E-state index contributed by atoms with van der Waals surface area (Å²) in [6, 6.07) is 10.2. The van der Waals surface area contributed by atoms with Gasteiger partial charge in [0, 0.05) is 23.1 Å². The Balaban J connectivity index is 2.11. The first-order valence-corrected chi connectivity index (χ1v) is 7.04. The summed E-state index contributed by atoms with van der Waals surface area (Å²) < 4.78 is 1.42. The Hall–Kier alpha value is -3.28. The highest BCUT2D eigenvalue weighted by atomic mass is 16.5. The first-order valence-electron chi connectivity index (χ1n) is 7.04. The Morgan fingerprint density at radius 2 is 1.91 bits per heavy atom. The van der Waals surface area contributed by atoms with Gasteiger partial charge in [-0.2, -0.15) is 4.73 Å². The highest BCUT2D eigenvalue weighted by Crippen LogP contribution is 2.13. The number of carbonyl (C=O) groups is 1. The lowest BCUT2D eigenvalue weighted by molar-refractivity contribution is -0.468. The van der Waals surface area contributed by atoms with Crippen LogP contribution < -0.4 is 9.41 Å². The number of pyridine rings is 1. The largest absolute Gasteiger partial charge is 0.428 e. The van der Waals surface area contributed by atoms with Crippen LogP contribution in [0.25, 0.3) is 17.1 Å². The van der Waals surface area contributed by atoms with Gasteiger partial charge in [0.05, 0.1) is 4.43 Å². The molecule has 0 saturated heterocycles. The Kier molecular flexibility index (Phi) is 3.72. The van der Waals surface area contributed by atoms with E-state index in [1.807, 2.05) is 0 Å². The number of hydrogen-bond donors (Lipinski definition) is 1. The van der Waals surface area contributed by atoms with Crippen molar-refractivity contribution in [3.63, 3.8) is 0 Å². The predicted octanol–water partition coefficient (Wildman–Crippen LogP) is 1.81. The Morgan fingerprint density at radius 3 is 2.65 bits per heavy atom. The van der Waals surface area contributed by atoms with Crippen LogP contribution in [0.3, 0.4) is 0 Å². The second kappa shape index (κ2) is 5.84. The van der Waals surface area contributed by atoms with E-state index in [0.717, 1.165) is 10.3 Å². The molecule has 3 rings (SSSR count). The molecule has 2 heterocycles. The molecule has 6 heteroatoms. The lowest BCUT2D eigenvalue weighted by Gasteiger charge is -2.04. The molecule has 0 radical (unpaired) electrons. The normalized spacial score (nSPS) is 11.2. The zero-order valence-corrected chi connectivity index (χ0v) is 12.4. The van der Waals surface area contributed by atoms with Crippen molar-refractivity contribution in [3.8, 4) is 0 Å². The molecule has 0 aliphatic carbocycles. The Bertz CT molecular complexity index is 976. The number of benzene rings is 1. The number of aromatic amines is 1. The van der Waals surface area contributed by atoms with E-state index in [1.165, 1.54) is 13.0 Å². The average Bonchev–Trinajstić information content (AvgIpc) is 2.59. The van der Waals surface area contributed by atoms with Crippen LogP contribution in [0.1, 0.15) is 21.7 Å². The number of aromatic nitrogens is 3. The minimum absolute atomic E-state index is 0.107. The molecule has 2 aromatic heterocycles. The number of ketones is 1. The fourth-order valence-corrected chi connectivity index (χ4v) is 2.40. The molecule has 0 aliphatic heterocycles. The van der Waals surface area contributed by atoms with Crippen LogP contribution in [-0.2, 0) is 0 Å². The van der Waals surface area contributed by atoms with E-state index in [1.54, 1.807) is 54.9 Å². The highest BCUT2D eigenvalue weighted by molar-refractivity contribution is 6.05. The van der Waals surface area contributed by atoms with Gasteiger partial charge in [0.25, 0.3) is 11.3 Å². The van der Waals surface area contributed by atoms with Crippen molar-refractivity contribution < 1.29 is 19.4 Å². The van der Waals surface area contributed by atoms with Crippen molar-refractivity contribution in [2.75, 3.05) is 0 Å². The van der Waals surface area contributed by atoms with Crippen LogP contribution >= 0.6 is 0 Å². The fourth-order valence-electron chi connectivity index (χ4n) is 2.40. The summed E-state index contributed by atoms with van der Waals surface area (Å²) in [5, 5.41) is 10.2. The number of carbonyl (C=O) groups excluding carboxylic acids is 1. The second-order valence-electron chi connectivity index (χ2n) is 5.06. The summed E-state index contributed by atoms with van der Waals surface area (Å²) in [7, 11) is 0. The van der Waals surface area contributed by atoms with E-state index < -0.39 is 5.78 Å². The van der Waals surface area contributed by atoms with Crippen LogP contribution in [0.15, 0.2) is 54.9 Å². The zero-order valence-electron chi connectivity index (χ0n) is 12.4. The minimum atomic E-state index is -0.473. The molecule has 0 amide bonds. The number of nitrogens with one attached hydrogen (secondary N) is 1. The van der Waals surface area contributed by atoms with E-state index >= 15 is 0 Å². The second-order valence-corrected chi connectivity index (χ2v) is 5.06. The maximum Gasteiger partial charge on any atom is 0.332 e. The highest BCUT2D eigenvalue weighted by Gasteiger charge is 2.26. The molecule has 0 atom stereocenters. The lowest BCUT2D eigenvalue weighted by atomic mass is 10.1. The number of rotatable bonds is 3. The first kappa shape index (κ1) is 14.6. The van der Waals surface area contributed by atoms with Crippen molar-refractivity contribution in [1.82, 2.24) is 4.73 Å². The third-order valence-electron chi connectivity index (χ3n) is 3.60. The van der Waals surface area contributed by atoms with E-state index in [9.17, 15) is 14.9 Å². The van der Waals surface area contributed by atoms with E-state index in [-0.39, 0.29) is 16.9 Å². The maximum atomic E-state index is 12.5. The smallest absolute Gasteiger partial charge is 0.332 e. The lowest BCUT2D eigenvalue weighted by Crippen LogP contribution is -2.30. The number of allylic oxidation sites excluding steroid dienone is 1. The van der Waals surface area contributed by atoms with Crippen LogP contribution in [-0.4, -0.2) is 15.7 Å². The van der Waals surface area contributed by atoms with Crippen LogP contribution in [0.5, 0.6) is 0 Å². The molecular weight excluding hydrogens is 294 g/mol. The Labute approximate surface area is 131 Å². The fraction of sp³-hybridized carbons (Fsp3) is 0.0588. The van der Waals surface area contributed by atoms with Gasteiger partial charge in [0.15, 0.2) is 17.9 Å². The van der Waals surface area contributed by atoms with E-state index in [2.05, 4.69) is 4.98 Å². The Morgan fingerprint density at radius 1 is 1.22 bits per heavy atom. The third-order valence-corrected chi connectivity index (χ3v) is 3.60. The summed E-state index contributed by atoms with van der Waals surface area (Å²) in [5.74, 6) is -0.473. The molecule has 2 N–H and O–H groups in total. The van der Waals surface area contributed by atoms with Crippen molar-refractivity contribution in [2.45, 2.75) is 6.92 Å². The monoisotopic (exact) mass is 309 g/mol. The van der Waals surface area contributed by atoms with Gasteiger partial charge < -0.3 is 5.21 Å². The molecule has 0 aliphatic rings. The summed E-state index contributed by atoms with van der Waals surface area (Å²) in [6.45, 7) is 1.53. The SMILES string of the molecule is Cc1c(C(=O)/C=C/c2cc[nH+]cc2)[n+](=O)c2ccccc2n1O. The first-order chi connectivity index (χ1) is 11.1. The number of fused-ring (bicyclic) bond motifs is 1. The van der Waals surface area contributed by atoms with Gasteiger partial charge in [-0.25, -0.2) is 4.98 Å². The van der Waals surface area contributed by atoms with Gasteiger partial charge in [-0.1, -0.05) is 18.2 Å². The number of hydrogen-bond acceptors (Lipinski definition) is 3. The topological polar surface area (TPSA) is 79.3 Å². The molecular formula is C17H15N3O3+2. The standard InChI is InChI=1S/C17H14N3O3/c1-12-17(16(21)7-6-13-8-10-18-11-9-13)20(23)15-5-3-2-4-14(15)19(12)22/h2-11,22H,1H3/q+1/p+1/b7-6+. The third kappa shape index (κ3) is 2.62. The molecule has 6 nitrogen and oxygen atoms in total. The van der Waals surface area contributed by atoms with Gasteiger partial charge in [-0.3, -0.25) is 4.79 Å². The molecule has 114 valence electrons. The summed E-state index contributed by atoms with van der Waals surface area (Å²) in [4.78, 5) is 27.8. The predicted molar refractivity (Wildman–Crippen MR) is 83.6 cm³/mol. The van der Waals surface area contributed by atoms with E-state index in [0.29, 0.717) is 9.94 Å². The van der Waals surface area contributed by atoms with Crippen LogP contribution in [0.2, 0.25) is 0 Å². The molecule has 0 unspecified atom stereocenters. The van der Waals surface area contributed by atoms with Gasteiger partial charge in [-0.05, 0) is 24.6 Å². The maximum absolute atomic E-state index is 12.5. The van der Waals surface area contributed by atoms with Crippen molar-refractivity contribution >= 4 is 22.9 Å². The van der Waals surface area contributed by atoms with Gasteiger partial charge in [0.2, 0.25) is 0 Å². The molecule has 1 aromatic carbocycles. The van der Waals surface area contributed by atoms with Crippen LogP contribution in [0.4, 0.5) is 0 Å². The van der Waals surface area contributed by atoms with Crippen LogP contribution in [0, 0.1) is 11.8 Å². The summed E-state index contributed by atoms with van der Waals surface area (Å²) in [5.41, 5.74) is 1.48. The number of H-pyrrole nitrogens is 1. The quantitative estimate of drug-likeness (QED) is 0.347. The van der Waals surface area contributed by atoms with Gasteiger partial charge in [-0.15, -0.1) is 0 Å². The van der Waals surface area contributed by atoms with E-state index in [4.69, 9.17) is 0 Å². The summed E-state index contributed by atoms with van der Waals surface area (Å²) >= 11 is 0. The molecule has 0 fully saturated rings. The van der Waals surface area contributed by atoms with Crippen molar-refractivity contribution in [2.24, 2.45) is 0 Å². The molecule has 0 bridgehead atoms. The van der Waals surface area contributed by atoms with Gasteiger partial charge >= 0.3 is 5.69 Å². The number of nitrogens with zero attached hydrogens (tertiary/aromatic N) is 2. The number of para-hydroxylation sites is 2.